The van der Waals surface area contributed by atoms with Gasteiger partial charge in [-0.15, -0.1) is 0 Å². The average molecular weight is 351 g/mol. The van der Waals surface area contributed by atoms with E-state index in [1.54, 1.807) is 11.7 Å². The average Bonchev–Trinajstić information content (AvgIpc) is 2.69. The lowest BCUT2D eigenvalue weighted by Crippen LogP contribution is -2.40. The molecule has 2 heterocycles. The standard InChI is InChI=1S/C20H21N3O3/c1-25-17-9-4-5-10-18(17)26-14-13-22-11-6-12-23-19(24)15-7-2-3-8-16(15)21-20(22)23/h2-5,7-10H,6,11-14H2,1H3. The highest BCUT2D eigenvalue weighted by molar-refractivity contribution is 5.78. The van der Waals surface area contributed by atoms with Crippen molar-refractivity contribution in [3.63, 3.8) is 0 Å². The normalized spacial score (nSPS) is 13.5. The quantitative estimate of drug-likeness (QED) is 0.707. The number of nitrogens with zero attached hydrogens (tertiary/aromatic N) is 3. The molecule has 0 saturated heterocycles. The second-order valence-electron chi connectivity index (χ2n) is 6.23. The number of fused-ring (bicyclic) bond motifs is 2. The number of para-hydroxylation sites is 3. The molecule has 6 nitrogen and oxygen atoms in total. The molecular weight excluding hydrogens is 330 g/mol. The second-order valence-corrected chi connectivity index (χ2v) is 6.23. The Morgan fingerprint density at radius 3 is 2.65 bits per heavy atom. The Labute approximate surface area is 151 Å². The number of methoxy groups -OCH3 is 1. The number of anilines is 1. The van der Waals surface area contributed by atoms with E-state index >= 15 is 0 Å². The Morgan fingerprint density at radius 2 is 1.81 bits per heavy atom. The van der Waals surface area contributed by atoms with Crippen LogP contribution in [0.3, 0.4) is 0 Å². The van der Waals surface area contributed by atoms with Gasteiger partial charge in [0.15, 0.2) is 11.5 Å². The minimum Gasteiger partial charge on any atom is -0.493 e. The Balaban J connectivity index is 1.55. The smallest absolute Gasteiger partial charge is 0.262 e. The zero-order chi connectivity index (χ0) is 17.9. The fourth-order valence-corrected chi connectivity index (χ4v) is 3.33. The maximum atomic E-state index is 12.7. The van der Waals surface area contributed by atoms with Crippen LogP contribution in [-0.4, -0.2) is 36.4 Å². The van der Waals surface area contributed by atoms with E-state index in [1.165, 1.54) is 0 Å². The van der Waals surface area contributed by atoms with E-state index in [4.69, 9.17) is 14.5 Å². The lowest BCUT2D eigenvalue weighted by Gasteiger charge is -2.30. The first-order valence-electron chi connectivity index (χ1n) is 8.78. The van der Waals surface area contributed by atoms with E-state index < -0.39 is 0 Å². The molecule has 4 rings (SSSR count). The SMILES string of the molecule is COc1ccccc1OCCN1CCCn2c1nc1ccccc1c2=O. The van der Waals surface area contributed by atoms with Crippen molar-refractivity contribution in [3.8, 4) is 11.5 Å². The van der Waals surface area contributed by atoms with Gasteiger partial charge in [-0.3, -0.25) is 9.36 Å². The molecule has 0 spiro atoms. The number of hydrogen-bond donors (Lipinski definition) is 0. The molecule has 1 aliphatic rings. The molecule has 0 amide bonds. The number of ether oxygens (including phenoxy) is 2. The van der Waals surface area contributed by atoms with Crippen molar-refractivity contribution in [1.82, 2.24) is 9.55 Å². The molecule has 0 N–H and O–H groups in total. The largest absolute Gasteiger partial charge is 0.493 e. The monoisotopic (exact) mass is 351 g/mol. The maximum Gasteiger partial charge on any atom is 0.262 e. The third-order valence-corrected chi connectivity index (χ3v) is 4.62. The van der Waals surface area contributed by atoms with Crippen LogP contribution in [0.5, 0.6) is 11.5 Å². The number of aromatic nitrogens is 2. The number of rotatable bonds is 5. The van der Waals surface area contributed by atoms with Crippen LogP contribution >= 0.6 is 0 Å². The van der Waals surface area contributed by atoms with E-state index in [-0.39, 0.29) is 5.56 Å². The summed E-state index contributed by atoms with van der Waals surface area (Å²) in [5, 5.41) is 0.670. The third kappa shape index (κ3) is 2.98. The Kier molecular flexibility index (Phi) is 4.48. The van der Waals surface area contributed by atoms with Gasteiger partial charge in [0, 0.05) is 13.1 Å². The van der Waals surface area contributed by atoms with Crippen LogP contribution in [0, 0.1) is 0 Å². The highest BCUT2D eigenvalue weighted by Gasteiger charge is 2.21. The van der Waals surface area contributed by atoms with Gasteiger partial charge in [-0.1, -0.05) is 24.3 Å². The second kappa shape index (κ2) is 7.07. The highest BCUT2D eigenvalue weighted by Crippen LogP contribution is 2.26. The molecule has 0 saturated carbocycles. The van der Waals surface area contributed by atoms with E-state index in [9.17, 15) is 4.79 Å². The zero-order valence-electron chi connectivity index (χ0n) is 14.7. The molecule has 0 aliphatic carbocycles. The van der Waals surface area contributed by atoms with Gasteiger partial charge >= 0.3 is 0 Å². The van der Waals surface area contributed by atoms with Gasteiger partial charge in [-0.2, -0.15) is 0 Å². The van der Waals surface area contributed by atoms with Gasteiger partial charge in [-0.25, -0.2) is 4.98 Å². The fourth-order valence-electron chi connectivity index (χ4n) is 3.33. The Bertz CT molecular complexity index is 983. The summed E-state index contributed by atoms with van der Waals surface area (Å²) in [6.07, 6.45) is 0.918. The van der Waals surface area contributed by atoms with Crippen LogP contribution in [0.4, 0.5) is 5.95 Å². The summed E-state index contributed by atoms with van der Waals surface area (Å²) in [4.78, 5) is 19.6. The summed E-state index contributed by atoms with van der Waals surface area (Å²) in [5.74, 6) is 2.16. The van der Waals surface area contributed by atoms with Gasteiger partial charge in [-0.05, 0) is 30.7 Å². The molecule has 1 aliphatic heterocycles. The van der Waals surface area contributed by atoms with Crippen LogP contribution in [0.15, 0.2) is 53.3 Å². The van der Waals surface area contributed by atoms with Crippen LogP contribution < -0.4 is 19.9 Å². The number of benzene rings is 2. The topological polar surface area (TPSA) is 56.6 Å². The van der Waals surface area contributed by atoms with Crippen LogP contribution in [-0.2, 0) is 6.54 Å². The van der Waals surface area contributed by atoms with Crippen LogP contribution in [0.2, 0.25) is 0 Å². The summed E-state index contributed by atoms with van der Waals surface area (Å²) >= 11 is 0. The van der Waals surface area contributed by atoms with Gasteiger partial charge in [0.05, 0.1) is 24.6 Å². The first-order valence-corrected chi connectivity index (χ1v) is 8.78. The summed E-state index contributed by atoms with van der Waals surface area (Å²) in [6, 6.07) is 15.1. The molecule has 0 radical (unpaired) electrons. The lowest BCUT2D eigenvalue weighted by atomic mass is 10.2. The molecule has 1 aromatic heterocycles. The van der Waals surface area contributed by atoms with Crippen molar-refractivity contribution in [2.75, 3.05) is 31.7 Å². The molecule has 0 atom stereocenters. The van der Waals surface area contributed by atoms with Crippen molar-refractivity contribution < 1.29 is 9.47 Å². The zero-order valence-corrected chi connectivity index (χ0v) is 14.7. The van der Waals surface area contributed by atoms with E-state index in [0.717, 1.165) is 30.2 Å². The van der Waals surface area contributed by atoms with E-state index in [0.29, 0.717) is 30.8 Å². The van der Waals surface area contributed by atoms with Crippen LogP contribution in [0.25, 0.3) is 10.9 Å². The van der Waals surface area contributed by atoms with Crippen molar-refractivity contribution in [1.29, 1.82) is 0 Å². The first kappa shape index (κ1) is 16.4. The van der Waals surface area contributed by atoms with Crippen LogP contribution in [0.1, 0.15) is 6.42 Å². The molecule has 3 aromatic rings. The third-order valence-electron chi connectivity index (χ3n) is 4.62. The Hall–Kier alpha value is -3.02. The maximum absolute atomic E-state index is 12.7. The molecule has 0 fully saturated rings. The van der Waals surface area contributed by atoms with Gasteiger partial charge in [0.25, 0.3) is 5.56 Å². The minimum absolute atomic E-state index is 0.0287. The summed E-state index contributed by atoms with van der Waals surface area (Å²) < 4.78 is 13.0. The molecule has 0 bridgehead atoms. The summed E-state index contributed by atoms with van der Waals surface area (Å²) in [5.41, 5.74) is 0.766. The number of hydrogen-bond acceptors (Lipinski definition) is 5. The van der Waals surface area contributed by atoms with E-state index in [2.05, 4.69) is 4.90 Å². The van der Waals surface area contributed by atoms with Crippen molar-refractivity contribution in [3.05, 3.63) is 58.9 Å². The molecular formula is C20H21N3O3. The predicted octanol–water partition coefficient (Wildman–Crippen LogP) is 2.69. The van der Waals surface area contributed by atoms with E-state index in [1.807, 2.05) is 48.5 Å². The fraction of sp³-hybridized carbons (Fsp3) is 0.300. The first-order chi connectivity index (χ1) is 12.8. The minimum atomic E-state index is 0.0287. The van der Waals surface area contributed by atoms with Gasteiger partial charge in [0.1, 0.15) is 6.61 Å². The lowest BCUT2D eigenvalue weighted by molar-refractivity contribution is 0.296. The van der Waals surface area contributed by atoms with Gasteiger partial charge in [0.2, 0.25) is 5.95 Å². The Morgan fingerprint density at radius 1 is 1.04 bits per heavy atom. The molecule has 0 unspecified atom stereocenters. The van der Waals surface area contributed by atoms with Crippen molar-refractivity contribution in [2.24, 2.45) is 0 Å². The van der Waals surface area contributed by atoms with Crippen molar-refractivity contribution in [2.45, 2.75) is 13.0 Å². The summed E-state index contributed by atoms with van der Waals surface area (Å²) in [7, 11) is 1.63. The van der Waals surface area contributed by atoms with Gasteiger partial charge < -0.3 is 14.4 Å². The van der Waals surface area contributed by atoms with Crippen molar-refractivity contribution >= 4 is 16.9 Å². The molecule has 6 heteroatoms. The predicted molar refractivity (Wildman–Crippen MR) is 101 cm³/mol. The molecule has 134 valence electrons. The highest BCUT2D eigenvalue weighted by atomic mass is 16.5. The summed E-state index contributed by atoms with van der Waals surface area (Å²) in [6.45, 7) is 2.71. The molecule has 2 aromatic carbocycles. The molecule has 26 heavy (non-hydrogen) atoms.